The van der Waals surface area contributed by atoms with Crippen LogP contribution in [0.25, 0.3) is 81.7 Å². The van der Waals surface area contributed by atoms with Gasteiger partial charge in [0.15, 0.2) is 0 Å². The van der Waals surface area contributed by atoms with Crippen molar-refractivity contribution < 1.29 is 0 Å². The van der Waals surface area contributed by atoms with Crippen LogP contribution in [0.5, 0.6) is 0 Å². The molecule has 0 bridgehead atoms. The Morgan fingerprint density at radius 2 is 1.00 bits per heavy atom. The van der Waals surface area contributed by atoms with Crippen LogP contribution < -0.4 is 0 Å². The smallest absolute Gasteiger partial charge is 0.146 e. The van der Waals surface area contributed by atoms with E-state index < -0.39 is 0 Å². The molecule has 0 atom stereocenters. The Balaban J connectivity index is 1.16. The van der Waals surface area contributed by atoms with Crippen LogP contribution in [0.1, 0.15) is 5.69 Å². The molecule has 2 nitrogen and oxygen atoms in total. The number of thiophene rings is 1. The van der Waals surface area contributed by atoms with Gasteiger partial charge < -0.3 is 0 Å². The standard InChI is InChI=1S/C44H30N2S/c1-29-43(37-18-10-8-16-35(37)31-12-4-2-5-13-31)45-44-38-19-11-9-17-36(38)39-28-34(24-25-40(39)46(29)44)30-20-22-33(23-21-30)42-27-26-41(47-42)32-14-6-3-7-15-32/h2-28H,1H3. The minimum atomic E-state index is 0.992. The number of aryl methyl sites for hydroxylation is 1. The van der Waals surface area contributed by atoms with E-state index in [1.54, 1.807) is 0 Å². The monoisotopic (exact) mass is 618 g/mol. The van der Waals surface area contributed by atoms with Crippen molar-refractivity contribution in [2.24, 2.45) is 0 Å². The zero-order chi connectivity index (χ0) is 31.3. The Bertz CT molecular complexity index is 2560. The summed E-state index contributed by atoms with van der Waals surface area (Å²) in [5, 5.41) is 3.60. The van der Waals surface area contributed by atoms with Crippen LogP contribution in [-0.4, -0.2) is 9.38 Å². The first kappa shape index (κ1) is 27.5. The Morgan fingerprint density at radius 1 is 0.447 bits per heavy atom. The van der Waals surface area contributed by atoms with E-state index in [1.807, 2.05) is 11.3 Å². The van der Waals surface area contributed by atoms with Crippen LogP contribution in [0, 0.1) is 6.92 Å². The Hall–Kier alpha value is -5.77. The van der Waals surface area contributed by atoms with E-state index in [0.717, 1.165) is 28.0 Å². The molecular weight excluding hydrogens is 589 g/mol. The summed E-state index contributed by atoms with van der Waals surface area (Å²) in [6, 6.07) is 58.8. The van der Waals surface area contributed by atoms with E-state index in [4.69, 9.17) is 4.98 Å². The zero-order valence-electron chi connectivity index (χ0n) is 25.9. The molecule has 47 heavy (non-hydrogen) atoms. The van der Waals surface area contributed by atoms with E-state index >= 15 is 0 Å². The lowest BCUT2D eigenvalue weighted by Crippen LogP contribution is -1.94. The Kier molecular flexibility index (Phi) is 6.58. The minimum Gasteiger partial charge on any atom is -0.296 e. The van der Waals surface area contributed by atoms with Crippen LogP contribution in [0.3, 0.4) is 0 Å². The molecule has 0 aliphatic heterocycles. The van der Waals surface area contributed by atoms with E-state index in [-0.39, 0.29) is 0 Å². The number of nitrogens with zero attached hydrogens (tertiary/aromatic N) is 2. The summed E-state index contributed by atoms with van der Waals surface area (Å²) in [5.74, 6) is 0. The number of rotatable bonds is 5. The van der Waals surface area contributed by atoms with Gasteiger partial charge in [0, 0.05) is 31.8 Å². The molecule has 0 aliphatic rings. The minimum absolute atomic E-state index is 0.992. The molecule has 0 fully saturated rings. The summed E-state index contributed by atoms with van der Waals surface area (Å²) >= 11 is 1.84. The lowest BCUT2D eigenvalue weighted by atomic mass is 9.97. The largest absolute Gasteiger partial charge is 0.296 e. The van der Waals surface area contributed by atoms with E-state index in [2.05, 4.69) is 175 Å². The third-order valence-electron chi connectivity index (χ3n) is 9.24. The molecule has 9 rings (SSSR count). The molecule has 3 heterocycles. The molecule has 3 aromatic heterocycles. The average molecular weight is 619 g/mol. The number of fused-ring (bicyclic) bond motifs is 6. The molecule has 0 spiro atoms. The number of hydrogen-bond acceptors (Lipinski definition) is 2. The van der Waals surface area contributed by atoms with Gasteiger partial charge in [0.1, 0.15) is 5.65 Å². The maximum Gasteiger partial charge on any atom is 0.146 e. The highest BCUT2D eigenvalue weighted by atomic mass is 32.1. The second kappa shape index (κ2) is 11.2. The SMILES string of the molecule is Cc1c(-c2ccccc2-c2ccccc2)nc2c3ccccc3c3cc(-c4ccc(-c5ccc(-c6ccccc6)s5)cc4)ccc3n12. The van der Waals surface area contributed by atoms with Gasteiger partial charge in [0.25, 0.3) is 0 Å². The molecule has 0 N–H and O–H groups in total. The van der Waals surface area contributed by atoms with E-state index in [9.17, 15) is 0 Å². The molecule has 3 heteroatoms. The van der Waals surface area contributed by atoms with Crippen LogP contribution in [0.4, 0.5) is 0 Å². The molecule has 0 aliphatic carbocycles. The van der Waals surface area contributed by atoms with Gasteiger partial charge in [0.2, 0.25) is 0 Å². The van der Waals surface area contributed by atoms with Crippen LogP contribution >= 0.6 is 11.3 Å². The second-order valence-corrected chi connectivity index (χ2v) is 13.1. The number of hydrogen-bond donors (Lipinski definition) is 0. The molecule has 0 amide bonds. The summed E-state index contributed by atoms with van der Waals surface area (Å²) in [6.07, 6.45) is 0. The van der Waals surface area contributed by atoms with Gasteiger partial charge in [-0.25, -0.2) is 4.98 Å². The van der Waals surface area contributed by atoms with Crippen LogP contribution in [0.2, 0.25) is 0 Å². The molecule has 9 aromatic rings. The Labute approximate surface area is 277 Å². The molecule has 0 unspecified atom stereocenters. The highest BCUT2D eigenvalue weighted by Gasteiger charge is 2.19. The molecule has 222 valence electrons. The van der Waals surface area contributed by atoms with Gasteiger partial charge in [-0.05, 0) is 70.0 Å². The lowest BCUT2D eigenvalue weighted by molar-refractivity contribution is 1.17. The van der Waals surface area contributed by atoms with Gasteiger partial charge in [-0.2, -0.15) is 0 Å². The van der Waals surface area contributed by atoms with Gasteiger partial charge >= 0.3 is 0 Å². The highest BCUT2D eigenvalue weighted by Crippen LogP contribution is 2.39. The van der Waals surface area contributed by atoms with Crippen molar-refractivity contribution in [1.29, 1.82) is 0 Å². The van der Waals surface area contributed by atoms with Crippen molar-refractivity contribution >= 4 is 38.7 Å². The fourth-order valence-electron chi connectivity index (χ4n) is 6.91. The number of benzene rings is 6. The molecule has 0 saturated heterocycles. The number of imidazole rings is 1. The predicted molar refractivity (Wildman–Crippen MR) is 200 cm³/mol. The lowest BCUT2D eigenvalue weighted by Gasteiger charge is -2.12. The van der Waals surface area contributed by atoms with Gasteiger partial charge in [0.05, 0.1) is 11.2 Å². The van der Waals surface area contributed by atoms with Gasteiger partial charge in [-0.1, -0.05) is 140 Å². The molecule has 0 saturated carbocycles. The third-order valence-corrected chi connectivity index (χ3v) is 10.4. The fourth-order valence-corrected chi connectivity index (χ4v) is 7.92. The van der Waals surface area contributed by atoms with E-state index in [0.29, 0.717) is 0 Å². The summed E-state index contributed by atoms with van der Waals surface area (Å²) in [5.41, 5.74) is 12.8. The molecule has 6 aromatic carbocycles. The first-order valence-corrected chi connectivity index (χ1v) is 16.8. The van der Waals surface area contributed by atoms with Crippen molar-refractivity contribution in [3.63, 3.8) is 0 Å². The summed E-state index contributed by atoms with van der Waals surface area (Å²) in [7, 11) is 0. The predicted octanol–water partition coefficient (Wildman–Crippen LogP) is 12.3. The average Bonchev–Trinajstić information content (AvgIpc) is 3.78. The van der Waals surface area contributed by atoms with Crippen molar-refractivity contribution in [2.75, 3.05) is 0 Å². The maximum absolute atomic E-state index is 5.35. The van der Waals surface area contributed by atoms with Crippen molar-refractivity contribution in [3.05, 3.63) is 169 Å². The van der Waals surface area contributed by atoms with Crippen molar-refractivity contribution in [3.8, 4) is 54.4 Å². The summed E-state index contributed by atoms with van der Waals surface area (Å²) < 4.78 is 2.35. The van der Waals surface area contributed by atoms with Crippen LogP contribution in [-0.2, 0) is 0 Å². The highest BCUT2D eigenvalue weighted by molar-refractivity contribution is 7.18. The van der Waals surface area contributed by atoms with Crippen molar-refractivity contribution in [2.45, 2.75) is 6.92 Å². The number of aromatic nitrogens is 2. The fraction of sp³-hybridized carbons (Fsp3) is 0.0227. The summed E-state index contributed by atoms with van der Waals surface area (Å²) in [4.78, 5) is 7.92. The first-order valence-electron chi connectivity index (χ1n) is 16.0. The number of pyridine rings is 1. The van der Waals surface area contributed by atoms with E-state index in [1.165, 1.54) is 59.4 Å². The van der Waals surface area contributed by atoms with Crippen molar-refractivity contribution in [1.82, 2.24) is 9.38 Å². The maximum atomic E-state index is 5.35. The quantitative estimate of drug-likeness (QED) is 0.175. The normalized spacial score (nSPS) is 11.5. The molecule has 0 radical (unpaired) electrons. The van der Waals surface area contributed by atoms with Gasteiger partial charge in [-0.3, -0.25) is 4.40 Å². The first-order chi connectivity index (χ1) is 23.2. The Morgan fingerprint density at radius 3 is 1.72 bits per heavy atom. The topological polar surface area (TPSA) is 17.3 Å². The third kappa shape index (κ3) is 4.67. The summed E-state index contributed by atoms with van der Waals surface area (Å²) in [6.45, 7) is 2.20. The molecular formula is C44H30N2S. The zero-order valence-corrected chi connectivity index (χ0v) is 26.7. The van der Waals surface area contributed by atoms with Gasteiger partial charge in [-0.15, -0.1) is 11.3 Å². The van der Waals surface area contributed by atoms with Crippen LogP contribution in [0.15, 0.2) is 164 Å². The second-order valence-electron chi connectivity index (χ2n) is 12.0.